The van der Waals surface area contributed by atoms with Gasteiger partial charge in [-0.2, -0.15) is 5.10 Å². The molecule has 0 radical (unpaired) electrons. The molecule has 1 aliphatic rings. The van der Waals surface area contributed by atoms with Crippen molar-refractivity contribution in [1.82, 2.24) is 15.1 Å². The van der Waals surface area contributed by atoms with E-state index in [1.165, 1.54) is 29.7 Å². The average Bonchev–Trinajstić information content (AvgIpc) is 2.88. The van der Waals surface area contributed by atoms with Crippen LogP contribution in [0.15, 0.2) is 36.5 Å². The lowest BCUT2D eigenvalue weighted by Gasteiger charge is -2.28. The van der Waals surface area contributed by atoms with Gasteiger partial charge >= 0.3 is 0 Å². The summed E-state index contributed by atoms with van der Waals surface area (Å²) in [4.78, 5) is 0. The molecule has 2 aromatic rings. The number of aromatic nitrogens is 2. The van der Waals surface area contributed by atoms with Gasteiger partial charge < -0.3 is 5.32 Å². The quantitative estimate of drug-likeness (QED) is 0.920. The molecule has 0 aliphatic heterocycles. The van der Waals surface area contributed by atoms with E-state index in [0.29, 0.717) is 12.1 Å². The number of aryl methyl sites for hydroxylation is 1. The first-order valence-corrected chi connectivity index (χ1v) is 7.61. The molecule has 2 unspecified atom stereocenters. The Kier molecular flexibility index (Phi) is 3.88. The van der Waals surface area contributed by atoms with Gasteiger partial charge in [-0.25, -0.2) is 0 Å². The molecule has 20 heavy (non-hydrogen) atoms. The molecular formula is C17H23N3. The third kappa shape index (κ3) is 2.50. The van der Waals surface area contributed by atoms with Crippen LogP contribution in [-0.4, -0.2) is 9.78 Å². The predicted octanol–water partition coefficient (Wildman–Crippen LogP) is 3.54. The SMILES string of the molecule is CCC(NC1CCCc2c1cnn2C)c1ccccc1. The molecule has 3 rings (SSSR count). The molecule has 0 fully saturated rings. The zero-order chi connectivity index (χ0) is 13.9. The van der Waals surface area contributed by atoms with E-state index in [9.17, 15) is 0 Å². The van der Waals surface area contributed by atoms with Crippen molar-refractivity contribution in [1.29, 1.82) is 0 Å². The molecular weight excluding hydrogens is 246 g/mol. The average molecular weight is 269 g/mol. The predicted molar refractivity (Wildman–Crippen MR) is 81.5 cm³/mol. The van der Waals surface area contributed by atoms with Crippen LogP contribution in [-0.2, 0) is 13.5 Å². The summed E-state index contributed by atoms with van der Waals surface area (Å²) in [5.41, 5.74) is 4.18. The van der Waals surface area contributed by atoms with Crippen LogP contribution in [0, 0.1) is 0 Å². The van der Waals surface area contributed by atoms with Crippen molar-refractivity contribution in [2.24, 2.45) is 7.05 Å². The summed E-state index contributed by atoms with van der Waals surface area (Å²) in [6.45, 7) is 2.25. The summed E-state index contributed by atoms with van der Waals surface area (Å²) in [6.07, 6.45) is 6.77. The summed E-state index contributed by atoms with van der Waals surface area (Å²) in [5.74, 6) is 0. The molecule has 3 nitrogen and oxygen atoms in total. The van der Waals surface area contributed by atoms with Crippen molar-refractivity contribution in [2.75, 3.05) is 0 Å². The van der Waals surface area contributed by atoms with Gasteiger partial charge in [-0.15, -0.1) is 0 Å². The summed E-state index contributed by atoms with van der Waals surface area (Å²) < 4.78 is 2.03. The summed E-state index contributed by atoms with van der Waals surface area (Å²) in [5, 5.41) is 8.27. The molecule has 3 heteroatoms. The maximum absolute atomic E-state index is 4.43. The summed E-state index contributed by atoms with van der Waals surface area (Å²) in [6, 6.07) is 11.6. The Morgan fingerprint density at radius 3 is 2.90 bits per heavy atom. The van der Waals surface area contributed by atoms with Gasteiger partial charge in [0.15, 0.2) is 0 Å². The van der Waals surface area contributed by atoms with Crippen LogP contribution in [0.3, 0.4) is 0 Å². The second kappa shape index (κ2) is 5.80. The highest BCUT2D eigenvalue weighted by molar-refractivity contribution is 5.26. The Hall–Kier alpha value is -1.61. The normalized spacial score (nSPS) is 19.6. The fraction of sp³-hybridized carbons (Fsp3) is 0.471. The van der Waals surface area contributed by atoms with Crippen LogP contribution >= 0.6 is 0 Å². The van der Waals surface area contributed by atoms with Gasteiger partial charge in [0.05, 0.1) is 6.20 Å². The van der Waals surface area contributed by atoms with Crippen LogP contribution in [0.1, 0.15) is 55.1 Å². The highest BCUT2D eigenvalue weighted by Gasteiger charge is 2.25. The van der Waals surface area contributed by atoms with Crippen LogP contribution in [0.25, 0.3) is 0 Å². The molecule has 0 spiro atoms. The van der Waals surface area contributed by atoms with Crippen molar-refractivity contribution < 1.29 is 0 Å². The Balaban J connectivity index is 1.81. The minimum atomic E-state index is 0.423. The van der Waals surface area contributed by atoms with E-state index >= 15 is 0 Å². The molecule has 1 aliphatic carbocycles. The van der Waals surface area contributed by atoms with Crippen molar-refractivity contribution in [3.63, 3.8) is 0 Å². The van der Waals surface area contributed by atoms with E-state index in [2.05, 4.69) is 54.7 Å². The molecule has 0 amide bonds. The van der Waals surface area contributed by atoms with Gasteiger partial charge in [-0.3, -0.25) is 4.68 Å². The number of nitrogens with zero attached hydrogens (tertiary/aromatic N) is 2. The van der Waals surface area contributed by atoms with E-state index in [1.54, 1.807) is 0 Å². The topological polar surface area (TPSA) is 29.9 Å². The Bertz CT molecular complexity index is 559. The Labute approximate surface area is 121 Å². The minimum Gasteiger partial charge on any atom is -0.303 e. The van der Waals surface area contributed by atoms with Crippen molar-refractivity contribution in [3.8, 4) is 0 Å². The van der Waals surface area contributed by atoms with Gasteiger partial charge in [-0.05, 0) is 31.2 Å². The molecule has 2 atom stereocenters. The molecule has 1 aromatic heterocycles. The third-order valence-electron chi connectivity index (χ3n) is 4.39. The van der Waals surface area contributed by atoms with Gasteiger partial charge in [0, 0.05) is 30.4 Å². The van der Waals surface area contributed by atoms with Crippen molar-refractivity contribution in [2.45, 2.75) is 44.7 Å². The first-order valence-electron chi connectivity index (χ1n) is 7.61. The van der Waals surface area contributed by atoms with Gasteiger partial charge in [-0.1, -0.05) is 37.3 Å². The van der Waals surface area contributed by atoms with Crippen molar-refractivity contribution in [3.05, 3.63) is 53.3 Å². The standard InChI is InChI=1S/C17H23N3/c1-3-15(13-8-5-4-6-9-13)19-16-10-7-11-17-14(16)12-18-20(17)2/h4-6,8-9,12,15-16,19H,3,7,10-11H2,1-2H3. The number of nitrogens with one attached hydrogen (secondary N) is 1. The minimum absolute atomic E-state index is 0.423. The summed E-state index contributed by atoms with van der Waals surface area (Å²) in [7, 11) is 2.05. The van der Waals surface area contributed by atoms with E-state index in [-0.39, 0.29) is 0 Å². The number of rotatable bonds is 4. The van der Waals surface area contributed by atoms with Gasteiger partial charge in [0.2, 0.25) is 0 Å². The maximum atomic E-state index is 4.43. The first kappa shape index (κ1) is 13.4. The molecule has 1 aromatic carbocycles. The number of hydrogen-bond acceptors (Lipinski definition) is 2. The van der Waals surface area contributed by atoms with Gasteiger partial charge in [0.25, 0.3) is 0 Å². The maximum Gasteiger partial charge on any atom is 0.0540 e. The molecule has 0 saturated carbocycles. The third-order valence-corrected chi connectivity index (χ3v) is 4.39. The highest BCUT2D eigenvalue weighted by Crippen LogP contribution is 2.32. The van der Waals surface area contributed by atoms with Crippen LogP contribution < -0.4 is 5.32 Å². The first-order chi connectivity index (χ1) is 9.79. The second-order valence-corrected chi connectivity index (χ2v) is 5.65. The van der Waals surface area contributed by atoms with Crippen LogP contribution in [0.4, 0.5) is 0 Å². The second-order valence-electron chi connectivity index (χ2n) is 5.65. The largest absolute Gasteiger partial charge is 0.303 e. The fourth-order valence-electron chi connectivity index (χ4n) is 3.26. The number of hydrogen-bond donors (Lipinski definition) is 1. The Morgan fingerprint density at radius 2 is 2.15 bits per heavy atom. The van der Waals surface area contributed by atoms with Crippen LogP contribution in [0.2, 0.25) is 0 Å². The van der Waals surface area contributed by atoms with E-state index in [4.69, 9.17) is 0 Å². The lowest BCUT2D eigenvalue weighted by molar-refractivity contribution is 0.390. The zero-order valence-corrected chi connectivity index (χ0v) is 12.3. The monoisotopic (exact) mass is 269 g/mol. The molecule has 0 saturated heterocycles. The fourth-order valence-corrected chi connectivity index (χ4v) is 3.26. The smallest absolute Gasteiger partial charge is 0.0540 e. The van der Waals surface area contributed by atoms with Crippen molar-refractivity contribution >= 4 is 0 Å². The summed E-state index contributed by atoms with van der Waals surface area (Å²) >= 11 is 0. The highest BCUT2D eigenvalue weighted by atomic mass is 15.3. The van der Waals surface area contributed by atoms with E-state index in [1.807, 2.05) is 10.9 Å². The lowest BCUT2D eigenvalue weighted by atomic mass is 9.91. The van der Waals surface area contributed by atoms with Crippen LogP contribution in [0.5, 0.6) is 0 Å². The number of fused-ring (bicyclic) bond motifs is 1. The lowest BCUT2D eigenvalue weighted by Crippen LogP contribution is -2.29. The zero-order valence-electron chi connectivity index (χ0n) is 12.3. The molecule has 1 heterocycles. The molecule has 106 valence electrons. The molecule has 0 bridgehead atoms. The van der Waals surface area contributed by atoms with Gasteiger partial charge in [0.1, 0.15) is 0 Å². The molecule has 1 N–H and O–H groups in total. The number of benzene rings is 1. The van der Waals surface area contributed by atoms with E-state index < -0.39 is 0 Å². The van der Waals surface area contributed by atoms with E-state index in [0.717, 1.165) is 12.8 Å². The Morgan fingerprint density at radius 1 is 1.35 bits per heavy atom.